The first-order valence-electron chi connectivity index (χ1n) is 10.5. The molecule has 5 aromatic rings. The Bertz CT molecular complexity index is 1380. The minimum Gasteiger partial charge on any atom is -0.491 e. The van der Waals surface area contributed by atoms with Crippen LogP contribution in [0, 0.1) is 5.82 Å². The van der Waals surface area contributed by atoms with Gasteiger partial charge in [0.2, 0.25) is 5.95 Å². The van der Waals surface area contributed by atoms with Gasteiger partial charge in [-0.15, -0.1) is 5.10 Å². The Hall–Kier alpha value is -4.05. The molecule has 0 aliphatic rings. The standard InChI is InChI=1S/C23H22FN7O2/c1-32-10-11-33-18-5-3-17(4-6-18)31-22-21(29-30-31)14-27-23(28-22)25-9-8-15-13-26-20-7-2-16(24)12-19(15)20/h2-7,12-14,26H,8-11H2,1H3,(H,25,27,28). The van der Waals surface area contributed by atoms with E-state index in [1.807, 2.05) is 30.5 Å². The molecule has 0 saturated heterocycles. The van der Waals surface area contributed by atoms with Gasteiger partial charge in [0.05, 0.1) is 18.5 Å². The molecule has 0 fully saturated rings. The smallest absolute Gasteiger partial charge is 0.224 e. The monoisotopic (exact) mass is 447 g/mol. The van der Waals surface area contributed by atoms with Crippen molar-refractivity contribution < 1.29 is 13.9 Å². The molecule has 3 heterocycles. The molecule has 0 radical (unpaired) electrons. The van der Waals surface area contributed by atoms with Gasteiger partial charge >= 0.3 is 0 Å². The van der Waals surface area contributed by atoms with E-state index in [1.165, 1.54) is 6.07 Å². The van der Waals surface area contributed by atoms with Gasteiger partial charge in [-0.3, -0.25) is 0 Å². The maximum Gasteiger partial charge on any atom is 0.224 e. The normalized spacial score (nSPS) is 11.3. The van der Waals surface area contributed by atoms with Crippen LogP contribution in [0.4, 0.5) is 10.3 Å². The lowest BCUT2D eigenvalue weighted by atomic mass is 10.1. The van der Waals surface area contributed by atoms with Gasteiger partial charge in [0.1, 0.15) is 18.2 Å². The summed E-state index contributed by atoms with van der Waals surface area (Å²) in [5.74, 6) is 0.964. The first-order chi connectivity index (χ1) is 16.2. The number of ether oxygens (including phenoxy) is 2. The predicted octanol–water partition coefficient (Wildman–Crippen LogP) is 3.51. The second-order valence-corrected chi connectivity index (χ2v) is 7.42. The third-order valence-electron chi connectivity index (χ3n) is 5.24. The second kappa shape index (κ2) is 9.21. The molecular formula is C23H22FN7O2. The molecule has 0 amide bonds. The second-order valence-electron chi connectivity index (χ2n) is 7.42. The summed E-state index contributed by atoms with van der Waals surface area (Å²) < 4.78 is 25.8. The molecule has 0 aliphatic heterocycles. The number of fused-ring (bicyclic) bond motifs is 2. The zero-order valence-corrected chi connectivity index (χ0v) is 18.0. The Labute approximate surface area is 188 Å². The molecule has 0 unspecified atom stereocenters. The van der Waals surface area contributed by atoms with Crippen molar-refractivity contribution in [2.24, 2.45) is 0 Å². The topological polar surface area (TPSA) is 103 Å². The fourth-order valence-corrected chi connectivity index (χ4v) is 3.58. The van der Waals surface area contributed by atoms with Gasteiger partial charge in [-0.05, 0) is 54.4 Å². The largest absolute Gasteiger partial charge is 0.491 e. The summed E-state index contributed by atoms with van der Waals surface area (Å²) >= 11 is 0. The first-order valence-corrected chi connectivity index (χ1v) is 10.5. The highest BCUT2D eigenvalue weighted by Crippen LogP contribution is 2.21. The minimum absolute atomic E-state index is 0.250. The summed E-state index contributed by atoms with van der Waals surface area (Å²) in [5.41, 5.74) is 3.93. The molecule has 0 atom stereocenters. The number of hydrogen-bond donors (Lipinski definition) is 2. The van der Waals surface area contributed by atoms with Crippen molar-refractivity contribution in [2.75, 3.05) is 32.2 Å². The van der Waals surface area contributed by atoms with Gasteiger partial charge in [0.25, 0.3) is 0 Å². The van der Waals surface area contributed by atoms with E-state index in [-0.39, 0.29) is 5.82 Å². The number of halogens is 1. The molecule has 33 heavy (non-hydrogen) atoms. The van der Waals surface area contributed by atoms with E-state index < -0.39 is 0 Å². The van der Waals surface area contributed by atoms with Gasteiger partial charge in [-0.25, -0.2) is 9.37 Å². The predicted molar refractivity (Wildman–Crippen MR) is 122 cm³/mol. The minimum atomic E-state index is -0.250. The van der Waals surface area contributed by atoms with E-state index in [0.29, 0.717) is 43.3 Å². The summed E-state index contributed by atoms with van der Waals surface area (Å²) in [5, 5.41) is 12.5. The molecule has 0 aliphatic carbocycles. The first kappa shape index (κ1) is 20.8. The SMILES string of the molecule is COCCOc1ccc(-n2nnc3cnc(NCCc4c[nH]c5ccc(F)cc45)nc32)cc1. The van der Waals surface area contributed by atoms with Crippen molar-refractivity contribution in [1.29, 1.82) is 0 Å². The van der Waals surface area contributed by atoms with Crippen LogP contribution in [0.1, 0.15) is 5.56 Å². The summed E-state index contributed by atoms with van der Waals surface area (Å²) in [7, 11) is 1.64. The highest BCUT2D eigenvalue weighted by molar-refractivity contribution is 5.83. The van der Waals surface area contributed by atoms with Crippen molar-refractivity contribution in [3.63, 3.8) is 0 Å². The molecule has 0 saturated carbocycles. The molecule has 0 bridgehead atoms. The van der Waals surface area contributed by atoms with Crippen LogP contribution in [0.25, 0.3) is 27.8 Å². The number of benzene rings is 2. The van der Waals surface area contributed by atoms with Crippen LogP contribution < -0.4 is 10.1 Å². The average Bonchev–Trinajstić information content (AvgIpc) is 3.43. The lowest BCUT2D eigenvalue weighted by Gasteiger charge is -2.07. The summed E-state index contributed by atoms with van der Waals surface area (Å²) in [6, 6.07) is 12.2. The van der Waals surface area contributed by atoms with Gasteiger partial charge in [-0.2, -0.15) is 9.67 Å². The molecule has 9 nitrogen and oxygen atoms in total. The lowest BCUT2D eigenvalue weighted by molar-refractivity contribution is 0.146. The van der Waals surface area contributed by atoms with Crippen molar-refractivity contribution in [2.45, 2.75) is 6.42 Å². The van der Waals surface area contributed by atoms with Crippen molar-refractivity contribution in [3.8, 4) is 11.4 Å². The van der Waals surface area contributed by atoms with Gasteiger partial charge < -0.3 is 19.8 Å². The van der Waals surface area contributed by atoms with Crippen LogP contribution in [0.5, 0.6) is 5.75 Å². The lowest BCUT2D eigenvalue weighted by Crippen LogP contribution is -2.08. The highest BCUT2D eigenvalue weighted by atomic mass is 19.1. The van der Waals surface area contributed by atoms with Crippen LogP contribution >= 0.6 is 0 Å². The molecule has 3 aromatic heterocycles. The number of aromatic amines is 1. The molecule has 168 valence electrons. The number of nitrogens with one attached hydrogen (secondary N) is 2. The van der Waals surface area contributed by atoms with Gasteiger partial charge in [-0.1, -0.05) is 5.21 Å². The number of anilines is 1. The van der Waals surface area contributed by atoms with Crippen LogP contribution in [0.3, 0.4) is 0 Å². The van der Waals surface area contributed by atoms with Crippen molar-refractivity contribution in [1.82, 2.24) is 29.9 Å². The summed E-state index contributed by atoms with van der Waals surface area (Å²) in [6.07, 6.45) is 4.22. The average molecular weight is 447 g/mol. The number of hydrogen-bond acceptors (Lipinski definition) is 7. The third kappa shape index (κ3) is 4.46. The fourth-order valence-electron chi connectivity index (χ4n) is 3.58. The van der Waals surface area contributed by atoms with Gasteiger partial charge in [0.15, 0.2) is 11.2 Å². The van der Waals surface area contributed by atoms with E-state index in [1.54, 1.807) is 30.1 Å². The fraction of sp³-hybridized carbons (Fsp3) is 0.217. The Kier molecular flexibility index (Phi) is 5.81. The molecule has 10 heteroatoms. The number of aromatic nitrogens is 6. The Morgan fingerprint density at radius 2 is 2.00 bits per heavy atom. The van der Waals surface area contributed by atoms with E-state index in [9.17, 15) is 4.39 Å². The van der Waals surface area contributed by atoms with Crippen molar-refractivity contribution in [3.05, 3.63) is 66.2 Å². The maximum atomic E-state index is 13.6. The Balaban J connectivity index is 1.29. The number of methoxy groups -OCH3 is 1. The zero-order chi connectivity index (χ0) is 22.6. The molecule has 2 aromatic carbocycles. The van der Waals surface area contributed by atoms with E-state index >= 15 is 0 Å². The van der Waals surface area contributed by atoms with E-state index in [2.05, 4.69) is 30.6 Å². The van der Waals surface area contributed by atoms with E-state index in [0.717, 1.165) is 27.9 Å². The third-order valence-corrected chi connectivity index (χ3v) is 5.24. The van der Waals surface area contributed by atoms with Crippen LogP contribution in [-0.2, 0) is 11.2 Å². The number of rotatable bonds is 9. The number of nitrogens with zero attached hydrogens (tertiary/aromatic N) is 5. The highest BCUT2D eigenvalue weighted by Gasteiger charge is 2.11. The van der Waals surface area contributed by atoms with Crippen LogP contribution in [-0.4, -0.2) is 56.8 Å². The van der Waals surface area contributed by atoms with E-state index in [4.69, 9.17) is 9.47 Å². The number of H-pyrrole nitrogens is 1. The van der Waals surface area contributed by atoms with Crippen LogP contribution in [0.2, 0.25) is 0 Å². The molecular weight excluding hydrogens is 425 g/mol. The molecule has 0 spiro atoms. The Morgan fingerprint density at radius 3 is 2.85 bits per heavy atom. The molecule has 5 rings (SSSR count). The zero-order valence-electron chi connectivity index (χ0n) is 18.0. The Morgan fingerprint density at radius 1 is 1.12 bits per heavy atom. The van der Waals surface area contributed by atoms with Gasteiger partial charge in [0, 0.05) is 30.8 Å². The quantitative estimate of drug-likeness (QED) is 0.333. The van der Waals surface area contributed by atoms with Crippen LogP contribution in [0.15, 0.2) is 54.9 Å². The summed E-state index contributed by atoms with van der Waals surface area (Å²) in [4.78, 5) is 12.1. The van der Waals surface area contributed by atoms with Crippen molar-refractivity contribution >= 4 is 28.0 Å². The molecule has 2 N–H and O–H groups in total. The summed E-state index contributed by atoms with van der Waals surface area (Å²) in [6.45, 7) is 1.60. The maximum absolute atomic E-state index is 13.6.